The van der Waals surface area contributed by atoms with E-state index in [1.54, 1.807) is 0 Å². The molecule has 1 heterocycles. The first-order valence-corrected chi connectivity index (χ1v) is 6.19. The zero-order valence-electron chi connectivity index (χ0n) is 6.87. The van der Waals surface area contributed by atoms with Gasteiger partial charge in [0.05, 0.1) is 6.42 Å². The Hall–Kier alpha value is -1.04. The van der Waals surface area contributed by atoms with Crippen molar-refractivity contribution in [1.29, 1.82) is 0 Å². The van der Waals surface area contributed by atoms with Crippen molar-refractivity contribution < 1.29 is 35.5 Å². The molecule has 0 aliphatic carbocycles. The Labute approximate surface area is 84.0 Å². The lowest BCUT2D eigenvalue weighted by Crippen LogP contribution is -2.51. The second-order valence-corrected chi connectivity index (χ2v) is 6.31. The molecule has 11 heteroatoms. The van der Waals surface area contributed by atoms with E-state index < -0.39 is 42.6 Å². The maximum Gasteiger partial charge on any atom is 0.308 e. The van der Waals surface area contributed by atoms with Crippen molar-refractivity contribution in [2.45, 2.75) is 10.5 Å². The molecule has 1 fully saturated rings. The molecule has 0 aromatic carbocycles. The highest BCUT2D eigenvalue weighted by Gasteiger charge is 2.66. The van der Waals surface area contributed by atoms with Crippen LogP contribution in [0.15, 0.2) is 0 Å². The smallest absolute Gasteiger partial charge is 0.294 e. The lowest BCUT2D eigenvalue weighted by Gasteiger charge is -2.17. The fraction of sp³-hybridized carbons (Fsp3) is 0.500. The molecule has 3 N–H and O–H groups in total. The van der Waals surface area contributed by atoms with E-state index in [0.29, 0.717) is 0 Å². The largest absolute Gasteiger partial charge is 0.308 e. The summed E-state index contributed by atoms with van der Waals surface area (Å²) in [6.07, 6.45) is -1.37. The van der Waals surface area contributed by atoms with Crippen LogP contribution in [0, 0.1) is 0 Å². The quantitative estimate of drug-likeness (QED) is 0.363. The standard InChI is InChI=1S/C4H5NO8S2/c6-2-1-4(3(7)5-2,14(8,9)10)15(11,12)13/h1H2,(H,5,6,7)(H,8,9,10)(H,11,12,13). The first-order chi connectivity index (χ1) is 6.52. The van der Waals surface area contributed by atoms with Crippen LogP contribution in [0.5, 0.6) is 0 Å². The Bertz CT molecular complexity index is 495. The van der Waals surface area contributed by atoms with Gasteiger partial charge in [-0.05, 0) is 0 Å². The molecule has 2 amide bonds. The fourth-order valence-electron chi connectivity index (χ4n) is 1.11. The molecule has 0 spiro atoms. The summed E-state index contributed by atoms with van der Waals surface area (Å²) in [5, 5.41) is 1.36. The fourth-order valence-corrected chi connectivity index (χ4v) is 3.37. The van der Waals surface area contributed by atoms with Crippen molar-refractivity contribution in [2.75, 3.05) is 0 Å². The van der Waals surface area contributed by atoms with Gasteiger partial charge in [0.25, 0.3) is 26.1 Å². The van der Waals surface area contributed by atoms with Crippen LogP contribution in [0.25, 0.3) is 0 Å². The molecule has 1 aliphatic rings. The van der Waals surface area contributed by atoms with Gasteiger partial charge in [-0.1, -0.05) is 0 Å². The molecule has 0 radical (unpaired) electrons. The number of hydrogen-bond acceptors (Lipinski definition) is 6. The van der Waals surface area contributed by atoms with Crippen LogP contribution in [0.1, 0.15) is 6.42 Å². The molecule has 9 nitrogen and oxygen atoms in total. The summed E-state index contributed by atoms with van der Waals surface area (Å²) in [7, 11) is -10.9. The van der Waals surface area contributed by atoms with E-state index in [1.807, 2.05) is 0 Å². The molecular formula is C4H5NO8S2. The second-order valence-electron chi connectivity index (χ2n) is 2.76. The number of carbonyl (C=O) groups is 2. The minimum atomic E-state index is -5.47. The summed E-state index contributed by atoms with van der Waals surface area (Å²) < 4.78 is 56.7. The third-order valence-electron chi connectivity index (χ3n) is 1.83. The van der Waals surface area contributed by atoms with Gasteiger partial charge in [-0.2, -0.15) is 16.8 Å². The molecule has 1 saturated heterocycles. The van der Waals surface area contributed by atoms with Gasteiger partial charge in [0, 0.05) is 0 Å². The Morgan fingerprint density at radius 3 is 1.60 bits per heavy atom. The monoisotopic (exact) mass is 259 g/mol. The SMILES string of the molecule is O=C1CC(S(=O)(=O)O)(S(=O)(=O)O)C(=O)N1. The molecular weight excluding hydrogens is 254 g/mol. The first kappa shape index (κ1) is 12.0. The van der Waals surface area contributed by atoms with Gasteiger partial charge in [-0.15, -0.1) is 0 Å². The minimum Gasteiger partial charge on any atom is -0.294 e. The lowest BCUT2D eigenvalue weighted by atomic mass is 10.3. The van der Waals surface area contributed by atoms with E-state index in [0.717, 1.165) is 0 Å². The summed E-state index contributed by atoms with van der Waals surface area (Å²) >= 11 is 0. The Kier molecular flexibility index (Phi) is 2.39. The van der Waals surface area contributed by atoms with Crippen molar-refractivity contribution in [2.24, 2.45) is 0 Å². The average Bonchev–Trinajstić information content (AvgIpc) is 2.23. The highest BCUT2D eigenvalue weighted by molar-refractivity contribution is 8.06. The van der Waals surface area contributed by atoms with Crippen molar-refractivity contribution >= 4 is 32.1 Å². The first-order valence-electron chi connectivity index (χ1n) is 3.31. The molecule has 0 unspecified atom stereocenters. The molecule has 15 heavy (non-hydrogen) atoms. The third kappa shape index (κ3) is 1.52. The van der Waals surface area contributed by atoms with Crippen LogP contribution in [-0.2, 0) is 29.8 Å². The Balaban J connectivity index is 3.62. The summed E-state index contributed by atoms with van der Waals surface area (Å²) in [6, 6.07) is 0. The predicted molar refractivity (Wildman–Crippen MR) is 43.6 cm³/mol. The lowest BCUT2D eigenvalue weighted by molar-refractivity contribution is -0.124. The minimum absolute atomic E-state index is 1.23. The summed E-state index contributed by atoms with van der Waals surface area (Å²) in [5.74, 6) is -3.02. The summed E-state index contributed by atoms with van der Waals surface area (Å²) in [4.78, 5) is 21.7. The molecule has 0 atom stereocenters. The van der Waals surface area contributed by atoms with E-state index in [2.05, 4.69) is 0 Å². The predicted octanol–water partition coefficient (Wildman–Crippen LogP) is -2.50. The molecule has 1 aliphatic heterocycles. The zero-order chi connectivity index (χ0) is 12.1. The van der Waals surface area contributed by atoms with Gasteiger partial charge in [-0.25, -0.2) is 0 Å². The topological polar surface area (TPSA) is 155 Å². The van der Waals surface area contributed by atoms with E-state index >= 15 is 0 Å². The van der Waals surface area contributed by atoms with Crippen LogP contribution >= 0.6 is 0 Å². The normalized spacial score (nSPS) is 21.5. The van der Waals surface area contributed by atoms with Crippen molar-refractivity contribution in [3.63, 3.8) is 0 Å². The van der Waals surface area contributed by atoms with E-state index in [4.69, 9.17) is 9.11 Å². The van der Waals surface area contributed by atoms with Gasteiger partial charge >= 0.3 is 4.08 Å². The van der Waals surface area contributed by atoms with Crippen molar-refractivity contribution in [3.05, 3.63) is 0 Å². The van der Waals surface area contributed by atoms with Crippen molar-refractivity contribution in [1.82, 2.24) is 5.32 Å². The highest BCUT2D eigenvalue weighted by Crippen LogP contribution is 2.31. The van der Waals surface area contributed by atoms with Crippen molar-refractivity contribution in [3.8, 4) is 0 Å². The highest BCUT2D eigenvalue weighted by atomic mass is 32.3. The van der Waals surface area contributed by atoms with Crippen LogP contribution in [0.2, 0.25) is 0 Å². The second kappa shape index (κ2) is 2.98. The number of hydrogen-bond donors (Lipinski definition) is 3. The van der Waals surface area contributed by atoms with Gasteiger partial charge < -0.3 is 0 Å². The summed E-state index contributed by atoms with van der Waals surface area (Å²) in [5.41, 5.74) is 0. The number of imide groups is 1. The number of nitrogens with one attached hydrogen (secondary N) is 1. The number of carbonyl (C=O) groups excluding carboxylic acids is 2. The number of amides is 2. The van der Waals surface area contributed by atoms with Gasteiger partial charge in [0.15, 0.2) is 0 Å². The molecule has 0 bridgehead atoms. The average molecular weight is 259 g/mol. The zero-order valence-corrected chi connectivity index (χ0v) is 8.50. The molecule has 0 saturated carbocycles. The van der Waals surface area contributed by atoms with Crippen LogP contribution in [0.4, 0.5) is 0 Å². The Morgan fingerprint density at radius 1 is 1.07 bits per heavy atom. The van der Waals surface area contributed by atoms with Crippen LogP contribution in [0.3, 0.4) is 0 Å². The van der Waals surface area contributed by atoms with Crippen LogP contribution < -0.4 is 5.32 Å². The number of rotatable bonds is 2. The summed E-state index contributed by atoms with van der Waals surface area (Å²) in [6.45, 7) is 0. The molecule has 86 valence electrons. The van der Waals surface area contributed by atoms with E-state index in [9.17, 15) is 26.4 Å². The van der Waals surface area contributed by atoms with E-state index in [1.165, 1.54) is 5.32 Å². The van der Waals surface area contributed by atoms with Gasteiger partial charge in [-0.3, -0.25) is 24.0 Å². The Morgan fingerprint density at radius 2 is 1.47 bits per heavy atom. The molecule has 1 rings (SSSR count). The maximum atomic E-state index is 11.0. The maximum absolute atomic E-state index is 11.0. The van der Waals surface area contributed by atoms with Gasteiger partial charge in [0.2, 0.25) is 5.91 Å². The molecule has 0 aromatic rings. The third-order valence-corrected chi connectivity index (χ3v) is 5.42. The van der Waals surface area contributed by atoms with Gasteiger partial charge in [0.1, 0.15) is 0 Å². The van der Waals surface area contributed by atoms with E-state index in [-0.39, 0.29) is 0 Å². The molecule has 0 aromatic heterocycles. The van der Waals surface area contributed by atoms with Crippen LogP contribution in [-0.4, -0.2) is 41.8 Å².